The number of carbonyl (C=O) groups is 1. The number of carbonyl (C=O) groups excluding carboxylic acids is 1. The van der Waals surface area contributed by atoms with Gasteiger partial charge in [0.05, 0.1) is 6.54 Å². The van der Waals surface area contributed by atoms with Gasteiger partial charge in [-0.2, -0.15) is 0 Å². The molecule has 2 aliphatic heterocycles. The molecule has 0 saturated carbocycles. The van der Waals surface area contributed by atoms with Gasteiger partial charge in [0, 0.05) is 19.5 Å². The summed E-state index contributed by atoms with van der Waals surface area (Å²) in [5.74, 6) is 0. The van der Waals surface area contributed by atoms with Gasteiger partial charge in [-0.25, -0.2) is 4.79 Å². The monoisotopic (exact) mass is 184 g/mol. The van der Waals surface area contributed by atoms with Gasteiger partial charge in [0.15, 0.2) is 0 Å². The van der Waals surface area contributed by atoms with Crippen LogP contribution in [0.3, 0.4) is 0 Å². The van der Waals surface area contributed by atoms with Gasteiger partial charge >= 0.3 is 6.09 Å². The molecule has 2 rings (SSSR count). The first kappa shape index (κ1) is 8.81. The van der Waals surface area contributed by atoms with Gasteiger partial charge in [-0.05, 0) is 13.0 Å². The highest BCUT2D eigenvalue weighted by atomic mass is 16.6. The third-order valence-corrected chi connectivity index (χ3v) is 2.80. The molecule has 0 radical (unpaired) electrons. The number of nitrogens with zero attached hydrogens (tertiary/aromatic N) is 1. The molecule has 0 aromatic carbocycles. The molecule has 4 heteroatoms. The molecule has 1 spiro atoms. The molecule has 1 unspecified atom stereocenters. The minimum absolute atomic E-state index is 0.202. The molecule has 2 saturated heterocycles. The van der Waals surface area contributed by atoms with Gasteiger partial charge in [-0.15, -0.1) is 0 Å². The van der Waals surface area contributed by atoms with E-state index in [-0.39, 0.29) is 11.7 Å². The molecular weight excluding hydrogens is 168 g/mol. The Morgan fingerprint density at radius 1 is 1.69 bits per heavy atom. The van der Waals surface area contributed by atoms with E-state index in [1.807, 2.05) is 0 Å². The maximum atomic E-state index is 10.9. The number of hydrogen-bond acceptors (Lipinski definition) is 3. The normalized spacial score (nSPS) is 33.8. The Morgan fingerprint density at radius 3 is 3.15 bits per heavy atom. The number of likely N-dealkylation sites (tertiary alicyclic amines) is 1. The lowest BCUT2D eigenvalue weighted by Gasteiger charge is -2.20. The van der Waals surface area contributed by atoms with Crippen molar-refractivity contribution in [3.8, 4) is 0 Å². The molecule has 13 heavy (non-hydrogen) atoms. The van der Waals surface area contributed by atoms with E-state index in [0.29, 0.717) is 6.54 Å². The average Bonchev–Trinajstić information content (AvgIpc) is 2.62. The molecule has 0 aliphatic carbocycles. The summed E-state index contributed by atoms with van der Waals surface area (Å²) in [6.45, 7) is 5.93. The minimum atomic E-state index is -0.252. The van der Waals surface area contributed by atoms with Crippen LogP contribution in [0, 0.1) is 0 Å². The van der Waals surface area contributed by atoms with Gasteiger partial charge in [0.25, 0.3) is 0 Å². The molecule has 0 aromatic rings. The van der Waals surface area contributed by atoms with Crippen LogP contribution in [0.4, 0.5) is 4.79 Å². The van der Waals surface area contributed by atoms with E-state index >= 15 is 0 Å². The van der Waals surface area contributed by atoms with Crippen molar-refractivity contribution in [2.45, 2.75) is 25.4 Å². The molecule has 1 atom stereocenters. The van der Waals surface area contributed by atoms with Crippen molar-refractivity contribution in [1.29, 1.82) is 0 Å². The van der Waals surface area contributed by atoms with Gasteiger partial charge in [-0.3, -0.25) is 4.90 Å². The van der Waals surface area contributed by atoms with E-state index < -0.39 is 0 Å². The van der Waals surface area contributed by atoms with Crippen LogP contribution < -0.4 is 5.32 Å². The number of nitrogens with one attached hydrogen (secondary N) is 1. The fourth-order valence-corrected chi connectivity index (χ4v) is 2.16. The number of alkyl carbamates (subject to hydrolysis) is 1. The summed E-state index contributed by atoms with van der Waals surface area (Å²) in [4.78, 5) is 13.3. The molecule has 74 valence electrons. The third kappa shape index (κ3) is 1.63. The summed E-state index contributed by atoms with van der Waals surface area (Å²) in [7, 11) is 0. The second kappa shape index (κ2) is 3.18. The summed E-state index contributed by atoms with van der Waals surface area (Å²) in [5, 5.41) is 2.73. The van der Waals surface area contributed by atoms with Crippen LogP contribution in [0.15, 0.2) is 0 Å². The first-order valence-corrected chi connectivity index (χ1v) is 4.93. The molecule has 2 aliphatic rings. The van der Waals surface area contributed by atoms with Gasteiger partial charge < -0.3 is 10.1 Å². The SMILES string of the molecule is CCCN1CCC2(CNC(=O)O2)C1. The number of ether oxygens (including phenoxy) is 1. The summed E-state index contributed by atoms with van der Waals surface area (Å²) in [6.07, 6.45) is 1.89. The minimum Gasteiger partial charge on any atom is -0.440 e. The second-order valence-electron chi connectivity index (χ2n) is 3.95. The molecular formula is C9H16N2O2. The van der Waals surface area contributed by atoms with E-state index in [9.17, 15) is 4.79 Å². The zero-order valence-corrected chi connectivity index (χ0v) is 8.01. The Labute approximate surface area is 78.2 Å². The van der Waals surface area contributed by atoms with Crippen LogP contribution in [-0.4, -0.2) is 42.8 Å². The Bertz CT molecular complexity index is 220. The van der Waals surface area contributed by atoms with Crippen LogP contribution in [0.1, 0.15) is 19.8 Å². The fraction of sp³-hybridized carbons (Fsp3) is 0.889. The van der Waals surface area contributed by atoms with E-state index in [0.717, 1.165) is 32.5 Å². The first-order chi connectivity index (χ1) is 6.24. The lowest BCUT2D eigenvalue weighted by atomic mass is 10.0. The highest BCUT2D eigenvalue weighted by Gasteiger charge is 2.45. The van der Waals surface area contributed by atoms with Crippen LogP contribution in [0.5, 0.6) is 0 Å². The van der Waals surface area contributed by atoms with E-state index in [1.165, 1.54) is 0 Å². The molecule has 0 bridgehead atoms. The summed E-state index contributed by atoms with van der Waals surface area (Å²) >= 11 is 0. The van der Waals surface area contributed by atoms with Crippen molar-refractivity contribution in [1.82, 2.24) is 10.2 Å². The fourth-order valence-electron chi connectivity index (χ4n) is 2.16. The third-order valence-electron chi connectivity index (χ3n) is 2.80. The Morgan fingerprint density at radius 2 is 2.54 bits per heavy atom. The van der Waals surface area contributed by atoms with Gasteiger partial charge in [0.2, 0.25) is 0 Å². The molecule has 2 fully saturated rings. The number of amides is 1. The van der Waals surface area contributed by atoms with Crippen LogP contribution in [-0.2, 0) is 4.74 Å². The van der Waals surface area contributed by atoms with Crippen molar-refractivity contribution in [3.63, 3.8) is 0 Å². The Hall–Kier alpha value is -0.770. The highest BCUT2D eigenvalue weighted by Crippen LogP contribution is 2.28. The predicted molar refractivity (Wildman–Crippen MR) is 48.6 cm³/mol. The van der Waals surface area contributed by atoms with Gasteiger partial charge in [-0.1, -0.05) is 6.92 Å². The van der Waals surface area contributed by atoms with Crippen LogP contribution in [0.2, 0.25) is 0 Å². The second-order valence-corrected chi connectivity index (χ2v) is 3.95. The zero-order chi connectivity index (χ0) is 9.31. The first-order valence-electron chi connectivity index (χ1n) is 4.93. The maximum Gasteiger partial charge on any atom is 0.407 e. The zero-order valence-electron chi connectivity index (χ0n) is 8.01. The van der Waals surface area contributed by atoms with Crippen molar-refractivity contribution < 1.29 is 9.53 Å². The lowest BCUT2D eigenvalue weighted by molar-refractivity contribution is 0.0636. The molecule has 2 heterocycles. The Balaban J connectivity index is 1.93. The van der Waals surface area contributed by atoms with Crippen molar-refractivity contribution >= 4 is 6.09 Å². The summed E-state index contributed by atoms with van der Waals surface area (Å²) in [5.41, 5.74) is -0.202. The van der Waals surface area contributed by atoms with Crippen LogP contribution >= 0.6 is 0 Å². The highest BCUT2D eigenvalue weighted by molar-refractivity contribution is 5.70. The molecule has 1 amide bonds. The quantitative estimate of drug-likeness (QED) is 0.682. The standard InChI is InChI=1S/C9H16N2O2/c1-2-4-11-5-3-9(7-11)6-10-8(12)13-9/h2-7H2,1H3,(H,10,12). The van der Waals surface area contributed by atoms with Crippen molar-refractivity contribution in [2.24, 2.45) is 0 Å². The molecule has 1 N–H and O–H groups in total. The number of hydrogen-bond donors (Lipinski definition) is 1. The van der Waals surface area contributed by atoms with Crippen molar-refractivity contribution in [3.05, 3.63) is 0 Å². The predicted octanol–water partition coefficient (Wildman–Crippen LogP) is 0.581. The van der Waals surface area contributed by atoms with E-state index in [4.69, 9.17) is 4.74 Å². The van der Waals surface area contributed by atoms with Crippen LogP contribution in [0.25, 0.3) is 0 Å². The largest absolute Gasteiger partial charge is 0.440 e. The maximum absolute atomic E-state index is 10.9. The van der Waals surface area contributed by atoms with E-state index in [2.05, 4.69) is 17.1 Å². The average molecular weight is 184 g/mol. The topological polar surface area (TPSA) is 41.6 Å². The van der Waals surface area contributed by atoms with Gasteiger partial charge in [0.1, 0.15) is 5.60 Å². The van der Waals surface area contributed by atoms with Crippen molar-refractivity contribution in [2.75, 3.05) is 26.2 Å². The smallest absolute Gasteiger partial charge is 0.407 e. The summed E-state index contributed by atoms with van der Waals surface area (Å²) in [6, 6.07) is 0. The molecule has 4 nitrogen and oxygen atoms in total. The lowest BCUT2D eigenvalue weighted by Crippen LogP contribution is -2.37. The Kier molecular flexibility index (Phi) is 2.15. The molecule has 0 aromatic heterocycles. The number of rotatable bonds is 2. The summed E-state index contributed by atoms with van der Waals surface area (Å²) < 4.78 is 5.29. The van der Waals surface area contributed by atoms with E-state index in [1.54, 1.807) is 0 Å².